The molecule has 0 unspecified atom stereocenters. The van der Waals surface area contributed by atoms with Gasteiger partial charge in [0.05, 0.1) is 0 Å². The largest absolute Gasteiger partial charge is 0.100 e. The molecular formula is C8H24. The standard InChI is InChI=1S/C4H8.4CH4/c1-4(2)3;;;;/h1H2,2-3H3;4*1H4. The van der Waals surface area contributed by atoms with E-state index in [9.17, 15) is 0 Å². The minimum Gasteiger partial charge on any atom is -0.100 e. The number of hydrogen-bond donors (Lipinski definition) is 0. The van der Waals surface area contributed by atoms with E-state index < -0.39 is 0 Å². The Balaban J connectivity index is -0.00000000750. The zero-order chi connectivity index (χ0) is 3.58. The highest BCUT2D eigenvalue weighted by molar-refractivity contribution is 4.78. The van der Waals surface area contributed by atoms with Crippen molar-refractivity contribution in [3.8, 4) is 0 Å². The Kier molecular flexibility index (Phi) is 173. The maximum absolute atomic E-state index is 3.56. The second-order valence-corrected chi connectivity index (χ2v) is 1.21. The second-order valence-electron chi connectivity index (χ2n) is 1.21. The van der Waals surface area contributed by atoms with Crippen LogP contribution >= 0.6 is 0 Å². The lowest BCUT2D eigenvalue weighted by atomic mass is 10.4. The molecule has 0 N–H and O–H groups in total. The van der Waals surface area contributed by atoms with Crippen LogP contribution in [0.4, 0.5) is 0 Å². The monoisotopic (exact) mass is 120 g/mol. The van der Waals surface area contributed by atoms with Gasteiger partial charge in [-0.05, 0) is 13.8 Å². The summed E-state index contributed by atoms with van der Waals surface area (Å²) in [6.07, 6.45) is 0. The first kappa shape index (κ1) is 46.8. The Labute approximate surface area is 56.6 Å². The molecule has 0 aromatic heterocycles. The van der Waals surface area contributed by atoms with E-state index in [-0.39, 0.29) is 29.7 Å². The predicted octanol–water partition coefficient (Wildman–Crippen LogP) is 4.13. The molecule has 0 aliphatic heterocycles. The van der Waals surface area contributed by atoms with Gasteiger partial charge >= 0.3 is 0 Å². The summed E-state index contributed by atoms with van der Waals surface area (Å²) in [6, 6.07) is 0. The van der Waals surface area contributed by atoms with Crippen LogP contribution in [0.3, 0.4) is 0 Å². The van der Waals surface area contributed by atoms with Gasteiger partial charge in [-0.15, -0.1) is 6.58 Å². The van der Waals surface area contributed by atoms with Gasteiger partial charge in [0.15, 0.2) is 0 Å². The van der Waals surface area contributed by atoms with Crippen molar-refractivity contribution < 1.29 is 0 Å². The van der Waals surface area contributed by atoms with Gasteiger partial charge in [-0.2, -0.15) is 0 Å². The SMILES string of the molecule is C.C.C.C.C=C(C)C. The number of hydrogen-bond acceptors (Lipinski definition) is 0. The minimum atomic E-state index is 0. The molecule has 0 nitrogen and oxygen atoms in total. The number of rotatable bonds is 0. The van der Waals surface area contributed by atoms with E-state index in [1.54, 1.807) is 0 Å². The van der Waals surface area contributed by atoms with E-state index in [1.807, 2.05) is 13.8 Å². The summed E-state index contributed by atoms with van der Waals surface area (Å²) in [5.74, 6) is 0. The summed E-state index contributed by atoms with van der Waals surface area (Å²) in [4.78, 5) is 0. The van der Waals surface area contributed by atoms with Crippen LogP contribution in [0.15, 0.2) is 12.2 Å². The van der Waals surface area contributed by atoms with Gasteiger partial charge in [0.25, 0.3) is 0 Å². The fraction of sp³-hybridized carbons (Fsp3) is 0.750. The predicted molar refractivity (Wildman–Crippen MR) is 47.4 cm³/mol. The summed E-state index contributed by atoms with van der Waals surface area (Å²) in [5, 5.41) is 0. The molecule has 0 saturated carbocycles. The van der Waals surface area contributed by atoms with Crippen LogP contribution in [0.1, 0.15) is 43.6 Å². The zero-order valence-corrected chi connectivity index (χ0v) is 3.21. The molecule has 0 rings (SSSR count). The summed E-state index contributed by atoms with van der Waals surface area (Å²) in [6.45, 7) is 7.50. The normalized spacial score (nSPS) is 3.25. The Morgan fingerprint density at radius 1 is 0.875 bits per heavy atom. The Morgan fingerprint density at radius 3 is 0.875 bits per heavy atom. The van der Waals surface area contributed by atoms with Crippen molar-refractivity contribution in [2.45, 2.75) is 43.6 Å². The maximum atomic E-state index is 3.56. The third-order valence-electron chi connectivity index (χ3n) is 0. The molecule has 0 saturated heterocycles. The van der Waals surface area contributed by atoms with Gasteiger partial charge in [-0.1, -0.05) is 35.3 Å². The molecule has 8 heavy (non-hydrogen) atoms. The minimum absolute atomic E-state index is 0. The van der Waals surface area contributed by atoms with E-state index in [0.29, 0.717) is 0 Å². The fourth-order valence-electron chi connectivity index (χ4n) is 0. The van der Waals surface area contributed by atoms with Gasteiger partial charge in [0, 0.05) is 0 Å². The Hall–Kier alpha value is -0.260. The van der Waals surface area contributed by atoms with E-state index in [1.165, 1.54) is 5.57 Å². The maximum Gasteiger partial charge on any atom is -0.0445 e. The molecule has 0 atom stereocenters. The van der Waals surface area contributed by atoms with Crippen LogP contribution in [0, 0.1) is 0 Å². The van der Waals surface area contributed by atoms with Gasteiger partial charge in [-0.3, -0.25) is 0 Å². The molecule has 0 spiro atoms. The molecule has 0 aliphatic carbocycles. The molecule has 0 fully saturated rings. The van der Waals surface area contributed by atoms with E-state index in [0.717, 1.165) is 0 Å². The van der Waals surface area contributed by atoms with Crippen molar-refractivity contribution in [1.29, 1.82) is 0 Å². The van der Waals surface area contributed by atoms with Crippen molar-refractivity contribution in [1.82, 2.24) is 0 Å². The van der Waals surface area contributed by atoms with Crippen molar-refractivity contribution in [2.24, 2.45) is 0 Å². The average molecular weight is 120 g/mol. The molecule has 0 amide bonds. The molecule has 0 bridgehead atoms. The van der Waals surface area contributed by atoms with Gasteiger partial charge < -0.3 is 0 Å². The summed E-state index contributed by atoms with van der Waals surface area (Å²) < 4.78 is 0. The molecule has 0 aliphatic rings. The molecular weight excluding hydrogens is 96.1 g/mol. The first-order valence-electron chi connectivity index (χ1n) is 1.35. The average Bonchev–Trinajstić information content (AvgIpc) is 0.811. The smallest absolute Gasteiger partial charge is 0.0445 e. The summed E-state index contributed by atoms with van der Waals surface area (Å²) >= 11 is 0. The number of allylic oxidation sites excluding steroid dienone is 1. The van der Waals surface area contributed by atoms with Gasteiger partial charge in [0.1, 0.15) is 0 Å². The lowest BCUT2D eigenvalue weighted by molar-refractivity contribution is 1.42. The molecule has 56 valence electrons. The highest BCUT2D eigenvalue weighted by atomic mass is 13.6. The van der Waals surface area contributed by atoms with Crippen LogP contribution in [0.25, 0.3) is 0 Å². The summed E-state index contributed by atoms with van der Waals surface area (Å²) in [5.41, 5.74) is 1.17. The third-order valence-corrected chi connectivity index (χ3v) is 0. The molecule has 0 heteroatoms. The molecule has 0 radical (unpaired) electrons. The first-order valence-corrected chi connectivity index (χ1v) is 1.35. The molecule has 0 heterocycles. The van der Waals surface area contributed by atoms with E-state index in [4.69, 9.17) is 0 Å². The van der Waals surface area contributed by atoms with Crippen molar-refractivity contribution in [3.63, 3.8) is 0 Å². The van der Waals surface area contributed by atoms with Crippen molar-refractivity contribution >= 4 is 0 Å². The Morgan fingerprint density at radius 2 is 0.875 bits per heavy atom. The first-order chi connectivity index (χ1) is 1.73. The van der Waals surface area contributed by atoms with Gasteiger partial charge in [0.2, 0.25) is 0 Å². The lowest BCUT2D eigenvalue weighted by Crippen LogP contribution is -1.43. The highest BCUT2D eigenvalue weighted by Gasteiger charge is 1.51. The topological polar surface area (TPSA) is 0 Å². The fourth-order valence-corrected chi connectivity index (χ4v) is 0. The van der Waals surface area contributed by atoms with Crippen LogP contribution in [0.2, 0.25) is 0 Å². The van der Waals surface area contributed by atoms with Crippen LogP contribution in [0.5, 0.6) is 0 Å². The highest BCUT2D eigenvalue weighted by Crippen LogP contribution is 1.73. The summed E-state index contributed by atoms with van der Waals surface area (Å²) in [7, 11) is 0. The Bertz CT molecular complexity index is 23.0. The van der Waals surface area contributed by atoms with Crippen LogP contribution in [-0.4, -0.2) is 0 Å². The van der Waals surface area contributed by atoms with Crippen molar-refractivity contribution in [2.75, 3.05) is 0 Å². The lowest BCUT2D eigenvalue weighted by Gasteiger charge is -1.65. The van der Waals surface area contributed by atoms with Crippen LogP contribution in [-0.2, 0) is 0 Å². The molecule has 0 aromatic carbocycles. The van der Waals surface area contributed by atoms with Crippen molar-refractivity contribution in [3.05, 3.63) is 12.2 Å². The zero-order valence-electron chi connectivity index (χ0n) is 3.21. The van der Waals surface area contributed by atoms with E-state index >= 15 is 0 Å². The second kappa shape index (κ2) is 29.6. The van der Waals surface area contributed by atoms with Crippen LogP contribution < -0.4 is 0 Å². The quantitative estimate of drug-likeness (QED) is 0.422. The van der Waals surface area contributed by atoms with Gasteiger partial charge in [-0.25, -0.2) is 0 Å². The third kappa shape index (κ3) is 1910. The molecule has 0 aromatic rings. The van der Waals surface area contributed by atoms with E-state index in [2.05, 4.69) is 6.58 Å².